The minimum Gasteiger partial charge on any atom is -0.288 e. The van der Waals surface area contributed by atoms with E-state index in [0.29, 0.717) is 10.4 Å². The molecule has 3 aromatic rings. The summed E-state index contributed by atoms with van der Waals surface area (Å²) in [5, 5.41) is 1.91. The van der Waals surface area contributed by atoms with E-state index in [1.807, 2.05) is 24.3 Å². The summed E-state index contributed by atoms with van der Waals surface area (Å²) in [4.78, 5) is 20.9. The highest BCUT2D eigenvalue weighted by Crippen LogP contribution is 2.21. The van der Waals surface area contributed by atoms with E-state index < -0.39 is 0 Å². The monoisotopic (exact) mass is 240 g/mol. The van der Waals surface area contributed by atoms with Gasteiger partial charge in [-0.25, -0.2) is 0 Å². The SMILES string of the molecule is O=C(c1cncs1)c1cncc2ccccc12. The Morgan fingerprint density at radius 3 is 2.76 bits per heavy atom. The number of hydrogen-bond acceptors (Lipinski definition) is 4. The van der Waals surface area contributed by atoms with E-state index in [2.05, 4.69) is 9.97 Å². The molecule has 0 unspecified atom stereocenters. The molecule has 0 aliphatic rings. The van der Waals surface area contributed by atoms with Crippen molar-refractivity contribution >= 4 is 27.9 Å². The minimum absolute atomic E-state index is 0.0169. The molecule has 0 radical (unpaired) electrons. The molecule has 0 saturated carbocycles. The molecule has 0 aliphatic carbocycles. The van der Waals surface area contributed by atoms with Crippen molar-refractivity contribution in [3.8, 4) is 0 Å². The number of pyridine rings is 1. The maximum atomic E-state index is 12.3. The standard InChI is InChI=1S/C13H8N2OS/c16-13(12-7-15-8-17-12)11-6-14-5-9-3-1-2-4-10(9)11/h1-8H. The van der Waals surface area contributed by atoms with Crippen LogP contribution < -0.4 is 0 Å². The van der Waals surface area contributed by atoms with Crippen LogP contribution in [0.4, 0.5) is 0 Å². The van der Waals surface area contributed by atoms with Gasteiger partial charge in [0, 0.05) is 29.5 Å². The number of hydrogen-bond donors (Lipinski definition) is 0. The zero-order valence-corrected chi connectivity index (χ0v) is 9.65. The van der Waals surface area contributed by atoms with Gasteiger partial charge in [-0.3, -0.25) is 14.8 Å². The second-order valence-electron chi connectivity index (χ2n) is 3.60. The number of nitrogens with zero attached hydrogens (tertiary/aromatic N) is 2. The van der Waals surface area contributed by atoms with Gasteiger partial charge in [0.1, 0.15) is 0 Å². The second kappa shape index (κ2) is 4.07. The number of carbonyl (C=O) groups is 1. The fourth-order valence-electron chi connectivity index (χ4n) is 1.76. The Labute approximate surface area is 102 Å². The average Bonchev–Trinajstić information content (AvgIpc) is 2.91. The number of ketones is 1. The van der Waals surface area contributed by atoms with Crippen LogP contribution in [0.3, 0.4) is 0 Å². The van der Waals surface area contributed by atoms with Gasteiger partial charge in [-0.1, -0.05) is 24.3 Å². The first kappa shape index (κ1) is 10.1. The summed E-state index contributed by atoms with van der Waals surface area (Å²) in [6.07, 6.45) is 4.97. The van der Waals surface area contributed by atoms with Crippen molar-refractivity contribution in [3.63, 3.8) is 0 Å². The maximum absolute atomic E-state index is 12.3. The smallest absolute Gasteiger partial charge is 0.206 e. The van der Waals surface area contributed by atoms with Crippen molar-refractivity contribution in [3.05, 3.63) is 58.8 Å². The van der Waals surface area contributed by atoms with Gasteiger partial charge in [0.05, 0.1) is 10.4 Å². The molecule has 0 spiro atoms. The third-order valence-corrected chi connectivity index (χ3v) is 3.34. The summed E-state index contributed by atoms with van der Waals surface area (Å²) >= 11 is 1.35. The van der Waals surface area contributed by atoms with Crippen LogP contribution in [0.25, 0.3) is 10.8 Å². The molecule has 0 atom stereocenters. The largest absolute Gasteiger partial charge is 0.288 e. The Balaban J connectivity index is 2.21. The minimum atomic E-state index is -0.0169. The fraction of sp³-hybridized carbons (Fsp3) is 0. The number of rotatable bonds is 2. The quantitative estimate of drug-likeness (QED) is 0.647. The van der Waals surface area contributed by atoms with Crippen molar-refractivity contribution < 1.29 is 4.79 Å². The third-order valence-electron chi connectivity index (χ3n) is 2.57. The van der Waals surface area contributed by atoms with Crippen molar-refractivity contribution in [1.82, 2.24) is 9.97 Å². The molecule has 2 aromatic heterocycles. The zero-order chi connectivity index (χ0) is 11.7. The Morgan fingerprint density at radius 1 is 1.06 bits per heavy atom. The van der Waals surface area contributed by atoms with E-state index in [4.69, 9.17) is 0 Å². The van der Waals surface area contributed by atoms with Crippen molar-refractivity contribution in [2.24, 2.45) is 0 Å². The molecule has 0 aliphatic heterocycles. The van der Waals surface area contributed by atoms with Gasteiger partial charge in [-0.05, 0) is 5.39 Å². The van der Waals surface area contributed by atoms with Gasteiger partial charge in [0.2, 0.25) is 5.78 Å². The summed E-state index contributed by atoms with van der Waals surface area (Å²) in [6, 6.07) is 7.74. The molecular formula is C13H8N2OS. The topological polar surface area (TPSA) is 42.9 Å². The van der Waals surface area contributed by atoms with E-state index in [1.54, 1.807) is 24.1 Å². The molecule has 82 valence electrons. The average molecular weight is 240 g/mol. The molecule has 0 bridgehead atoms. The van der Waals surface area contributed by atoms with Gasteiger partial charge < -0.3 is 0 Å². The van der Waals surface area contributed by atoms with Crippen LogP contribution in [0.1, 0.15) is 15.2 Å². The lowest BCUT2D eigenvalue weighted by molar-refractivity contribution is 0.104. The molecule has 0 amide bonds. The molecule has 1 aromatic carbocycles. The summed E-state index contributed by atoms with van der Waals surface area (Å²) in [7, 11) is 0. The number of fused-ring (bicyclic) bond motifs is 1. The van der Waals surface area contributed by atoms with E-state index in [0.717, 1.165) is 10.8 Å². The molecule has 17 heavy (non-hydrogen) atoms. The van der Waals surface area contributed by atoms with Crippen LogP contribution in [-0.4, -0.2) is 15.8 Å². The van der Waals surface area contributed by atoms with Crippen LogP contribution in [0.5, 0.6) is 0 Å². The van der Waals surface area contributed by atoms with Crippen molar-refractivity contribution in [2.75, 3.05) is 0 Å². The molecule has 3 rings (SSSR count). The van der Waals surface area contributed by atoms with E-state index in [9.17, 15) is 4.79 Å². The van der Waals surface area contributed by atoms with E-state index in [-0.39, 0.29) is 5.78 Å². The predicted molar refractivity (Wildman–Crippen MR) is 67.3 cm³/mol. The van der Waals surface area contributed by atoms with E-state index in [1.165, 1.54) is 11.3 Å². The number of aromatic nitrogens is 2. The number of carbonyl (C=O) groups excluding carboxylic acids is 1. The number of thiazole rings is 1. The zero-order valence-electron chi connectivity index (χ0n) is 8.83. The Bertz CT molecular complexity index is 671. The lowest BCUT2D eigenvalue weighted by atomic mass is 10.0. The molecule has 0 fully saturated rings. The highest BCUT2D eigenvalue weighted by atomic mass is 32.1. The highest BCUT2D eigenvalue weighted by Gasteiger charge is 2.13. The molecule has 4 heteroatoms. The maximum Gasteiger partial charge on any atom is 0.206 e. The Kier molecular flexibility index (Phi) is 2.42. The van der Waals surface area contributed by atoms with E-state index >= 15 is 0 Å². The summed E-state index contributed by atoms with van der Waals surface area (Å²) in [6.45, 7) is 0. The van der Waals surface area contributed by atoms with Crippen molar-refractivity contribution in [1.29, 1.82) is 0 Å². The molecule has 3 nitrogen and oxygen atoms in total. The highest BCUT2D eigenvalue weighted by molar-refractivity contribution is 7.12. The third kappa shape index (κ3) is 1.72. The Hall–Kier alpha value is -2.07. The lowest BCUT2D eigenvalue weighted by Crippen LogP contribution is -2.00. The van der Waals surface area contributed by atoms with Gasteiger partial charge in [-0.15, -0.1) is 11.3 Å². The summed E-state index contributed by atoms with van der Waals surface area (Å²) in [5.74, 6) is -0.0169. The second-order valence-corrected chi connectivity index (χ2v) is 4.49. The van der Waals surface area contributed by atoms with Crippen LogP contribution >= 0.6 is 11.3 Å². The van der Waals surface area contributed by atoms with Crippen LogP contribution in [0.15, 0.2) is 48.4 Å². The van der Waals surface area contributed by atoms with Gasteiger partial charge in [0.25, 0.3) is 0 Å². The van der Waals surface area contributed by atoms with Gasteiger partial charge in [0.15, 0.2) is 0 Å². The lowest BCUT2D eigenvalue weighted by Gasteiger charge is -2.02. The first-order valence-electron chi connectivity index (χ1n) is 5.12. The summed E-state index contributed by atoms with van der Waals surface area (Å²) < 4.78 is 0. The van der Waals surface area contributed by atoms with Gasteiger partial charge in [-0.2, -0.15) is 0 Å². The van der Waals surface area contributed by atoms with Crippen LogP contribution in [0, 0.1) is 0 Å². The fourth-order valence-corrected chi connectivity index (χ4v) is 2.33. The Morgan fingerprint density at radius 2 is 1.94 bits per heavy atom. The molecular weight excluding hydrogens is 232 g/mol. The van der Waals surface area contributed by atoms with Crippen molar-refractivity contribution in [2.45, 2.75) is 0 Å². The normalized spacial score (nSPS) is 10.6. The number of benzene rings is 1. The van der Waals surface area contributed by atoms with Gasteiger partial charge >= 0.3 is 0 Å². The molecule has 0 N–H and O–H groups in total. The first-order chi connectivity index (χ1) is 8.36. The first-order valence-corrected chi connectivity index (χ1v) is 6.00. The summed E-state index contributed by atoms with van der Waals surface area (Å²) in [5.41, 5.74) is 2.29. The molecule has 2 heterocycles. The predicted octanol–water partition coefficient (Wildman–Crippen LogP) is 2.92. The van der Waals surface area contributed by atoms with Crippen LogP contribution in [-0.2, 0) is 0 Å². The molecule has 0 saturated heterocycles. The van der Waals surface area contributed by atoms with Crippen LogP contribution in [0.2, 0.25) is 0 Å².